The molecule has 0 aliphatic carbocycles. The molecule has 0 unspecified atom stereocenters. The second-order valence-corrected chi connectivity index (χ2v) is 34.2. The predicted molar refractivity (Wildman–Crippen MR) is 464 cm³/mol. The topological polar surface area (TPSA) is 479 Å². The van der Waals surface area contributed by atoms with Crippen LogP contribution in [0.5, 0.6) is 5.75 Å². The van der Waals surface area contributed by atoms with Crippen LogP contribution in [0.25, 0.3) is 10.9 Å². The molecule has 2 aliphatic heterocycles. The molecule has 0 saturated carbocycles. The number of amides is 12. The molecule has 0 radical (unpaired) electrons. The number of likely N-dealkylation sites (tertiary alicyclic amines) is 2. The number of nitrogens with two attached hydrogens (primary N) is 1. The van der Waals surface area contributed by atoms with E-state index in [0.717, 1.165) is 36.3 Å². The van der Waals surface area contributed by atoms with Crippen LogP contribution in [-0.4, -0.2) is 269 Å². The molecule has 2 saturated heterocycles. The average Bonchev–Trinajstić information content (AvgIpc) is 1.74. The largest absolute Gasteiger partial charge is 0.508 e. The maximum absolute atomic E-state index is 15.3. The number of aliphatic carboxylic acids is 2. The lowest BCUT2D eigenvalue weighted by Gasteiger charge is -2.37. The predicted octanol–water partition coefficient (Wildman–Crippen LogP) is 3.75. The van der Waals surface area contributed by atoms with Crippen molar-refractivity contribution in [1.29, 1.82) is 0 Å². The van der Waals surface area contributed by atoms with Crippen LogP contribution < -0.4 is 43.0 Å². The molecule has 2 aliphatic rings. The number of carboxylic acids is 2. The van der Waals surface area contributed by atoms with Gasteiger partial charge in [-0.15, -0.1) is 11.8 Å². The third-order valence-electron chi connectivity index (χ3n) is 22.5. The first-order valence-corrected chi connectivity index (χ1v) is 43.4. The van der Waals surface area contributed by atoms with E-state index < -0.39 is 210 Å². The number of hydrogen-bond donors (Lipinski definition) is 13. The number of hydrogen-bond acceptors (Lipinski definition) is 19. The van der Waals surface area contributed by atoms with Gasteiger partial charge >= 0.3 is 11.9 Å². The van der Waals surface area contributed by atoms with Gasteiger partial charge in [-0.2, -0.15) is 0 Å². The van der Waals surface area contributed by atoms with Crippen molar-refractivity contribution in [2.75, 3.05) is 45.7 Å². The molecule has 33 nitrogen and oxygen atoms in total. The van der Waals surface area contributed by atoms with E-state index in [1.807, 2.05) is 6.92 Å². The fraction of sp³-hybridized carbons (Fsp3) is 0.478. The number of aliphatic hydroxyl groups excluding tert-OH is 1. The van der Waals surface area contributed by atoms with Gasteiger partial charge in [0, 0.05) is 102 Å². The summed E-state index contributed by atoms with van der Waals surface area (Å²) in [7, 11) is 3.91. The summed E-state index contributed by atoms with van der Waals surface area (Å²) in [6.07, 6.45) is -1.72. The molecule has 3 heterocycles. The zero-order valence-corrected chi connectivity index (χ0v) is 73.3. The molecule has 12 amide bonds. The second-order valence-electron chi connectivity index (χ2n) is 33.1. The number of aldehydes is 1. The lowest BCUT2D eigenvalue weighted by Crippen LogP contribution is -2.60. The Morgan fingerprint density at radius 1 is 0.575 bits per heavy atom. The standard InChI is InChI=1S/C90H115F3N14O19S/c1-10-11-27-71(89(125)107-46-60(110)43-73(107)85(121)97-58(47-108)42-76(112)113)103(7)88(124)74(40-54-23-16-13-17-24-54)105(9)86(122)68(38-56-35-62(91)78(93)63(92)36-56)98-75(111)49-127-48-52(6)96-80(116)65(34-50(2)3)99-81(117)66(37-55-29-31-59(109)32-30-55)100-82(118)67(41-57-45-95-64-26-19-18-25-61(57)64)101-83(119)70-28-20-33-106(70)87(123)69(44-77(114)115)102-84(120)72(39-53-21-14-12-15-22-53)104(8)90(126)79(94)51(4)5/h12-19,21-26,29-32,35-36,45,47,50-52,58,60,65-74,79,95,109-110H,10-11,20,27-28,33-34,37-44,46,48-49,94H2,1-9H3,(H,96,116)(H,97,121)(H,98,111)(H,99,117)(H,100,118)(H,101,119)(H,102,120)(H,112,113)(H,114,115)/t52-,58+,60-,65+,66+,67+,68+,69+,70-,71+,72+,73-,74+,79+/m1/s1. The zero-order valence-electron chi connectivity index (χ0n) is 72.4. The average molecular weight is 1790 g/mol. The van der Waals surface area contributed by atoms with Gasteiger partial charge < -0.3 is 97.7 Å². The number of likely N-dealkylation sites (N-methyl/N-ethyl adjacent to an activating group) is 3. The molecule has 686 valence electrons. The third-order valence-corrected chi connectivity index (χ3v) is 23.7. The Labute approximate surface area is 738 Å². The summed E-state index contributed by atoms with van der Waals surface area (Å²) in [6.45, 7) is 9.97. The Hall–Kier alpha value is -12.3. The fourth-order valence-electron chi connectivity index (χ4n) is 15.5. The maximum atomic E-state index is 15.3. The molecule has 37 heteroatoms. The Balaban J connectivity index is 0.990. The van der Waals surface area contributed by atoms with E-state index in [-0.39, 0.29) is 106 Å². The van der Waals surface area contributed by atoms with Gasteiger partial charge in [-0.1, -0.05) is 138 Å². The maximum Gasteiger partial charge on any atom is 0.305 e. The van der Waals surface area contributed by atoms with Crippen molar-refractivity contribution in [3.63, 3.8) is 0 Å². The number of aromatic amines is 1. The number of fused-ring (bicyclic) bond motifs is 1. The number of nitrogens with one attached hydrogen (secondary N) is 8. The monoisotopic (exact) mass is 1780 g/mol. The van der Waals surface area contributed by atoms with Crippen molar-refractivity contribution in [3.05, 3.63) is 173 Å². The van der Waals surface area contributed by atoms with Crippen molar-refractivity contribution in [3.8, 4) is 5.75 Å². The minimum absolute atomic E-state index is 0.00308. The van der Waals surface area contributed by atoms with Crippen molar-refractivity contribution >= 4 is 112 Å². The van der Waals surface area contributed by atoms with Gasteiger partial charge in [0.1, 0.15) is 72.5 Å². The SMILES string of the molecule is CCCC[C@@H](C(=O)N1C[C@H](O)C[C@@H]1C(=O)N[C@H](C=O)CC(=O)O)N(C)C(=O)[C@H](Cc1ccccc1)N(C)C(=O)[C@H](Cc1cc(F)c(F)c(F)c1)NC(=O)CSC[C@@H](C)NC(=O)[C@H](CC(C)C)NC(=O)[C@H](Cc1ccc(O)cc1)NC(=O)[C@H](Cc1c[nH]c2ccccc12)NC(=O)[C@H]1CCCN1C(=O)[C@H](CC(=O)O)NC(=O)[C@H](Cc1ccccc1)N(C)C(=O)[C@@H](N)C(C)C. The number of aromatic hydroxyl groups is 1. The van der Waals surface area contributed by atoms with Crippen molar-refractivity contribution in [2.24, 2.45) is 17.6 Å². The van der Waals surface area contributed by atoms with E-state index in [9.17, 15) is 77.6 Å². The van der Waals surface area contributed by atoms with Crippen LogP contribution in [0.3, 0.4) is 0 Å². The molecule has 14 atom stereocenters. The van der Waals surface area contributed by atoms with Gasteiger partial charge in [0.2, 0.25) is 70.9 Å². The Kier molecular flexibility index (Phi) is 37.3. The number of carboxylic acid groups (broad SMARTS) is 2. The van der Waals surface area contributed by atoms with E-state index in [4.69, 9.17) is 5.73 Å². The number of thioether (sulfide) groups is 1. The molecule has 8 rings (SSSR count). The van der Waals surface area contributed by atoms with Crippen LogP contribution in [0.4, 0.5) is 13.2 Å². The van der Waals surface area contributed by atoms with Gasteiger partial charge in [-0.25, -0.2) is 13.2 Å². The summed E-state index contributed by atoms with van der Waals surface area (Å²) in [5.74, 6) is -19.3. The summed E-state index contributed by atoms with van der Waals surface area (Å²) in [6, 6.07) is 13.0. The molecule has 0 spiro atoms. The van der Waals surface area contributed by atoms with Gasteiger partial charge in [-0.05, 0) is 103 Å². The van der Waals surface area contributed by atoms with Gasteiger partial charge in [0.25, 0.3) is 0 Å². The number of benzene rings is 5. The molecule has 6 aromatic rings. The number of β-amino-alcohol motifs (C(OH)–C–C–N with tert-alkyl or cyclic N) is 1. The first kappa shape index (κ1) is 100. The molecule has 1 aromatic heterocycles. The van der Waals surface area contributed by atoms with Gasteiger partial charge in [-0.3, -0.25) is 67.1 Å². The molecular formula is C90H115F3N14O19S. The van der Waals surface area contributed by atoms with Gasteiger partial charge in [0.15, 0.2) is 17.5 Å². The normalized spacial score (nSPS) is 17.0. The fourth-order valence-corrected chi connectivity index (χ4v) is 16.3. The number of aromatic nitrogens is 1. The highest BCUT2D eigenvalue weighted by atomic mass is 32.2. The highest BCUT2D eigenvalue weighted by molar-refractivity contribution is 8.00. The number of nitrogens with zero attached hydrogens (tertiary/aromatic N) is 5. The Morgan fingerprint density at radius 2 is 1.12 bits per heavy atom. The Bertz CT molecular complexity index is 4860. The summed E-state index contributed by atoms with van der Waals surface area (Å²) >= 11 is 0.962. The number of para-hydroxylation sites is 1. The van der Waals surface area contributed by atoms with Crippen LogP contribution in [-0.2, 0) is 104 Å². The van der Waals surface area contributed by atoms with E-state index >= 15 is 28.0 Å². The molecule has 2 fully saturated rings. The van der Waals surface area contributed by atoms with Crippen molar-refractivity contribution in [2.45, 2.75) is 216 Å². The number of halogens is 3. The minimum Gasteiger partial charge on any atom is -0.508 e. The number of carbonyl (C=O) groups excluding carboxylic acids is 13. The molecule has 5 aromatic carbocycles. The van der Waals surface area contributed by atoms with Gasteiger partial charge in [0.05, 0.1) is 36.8 Å². The quantitative estimate of drug-likeness (QED) is 0.0191. The summed E-state index contributed by atoms with van der Waals surface area (Å²) in [5.41, 5.74) is 8.74. The lowest BCUT2D eigenvalue weighted by atomic mass is 9.99. The number of aliphatic hydroxyl groups is 1. The van der Waals surface area contributed by atoms with Crippen molar-refractivity contribution < 1.29 is 106 Å². The van der Waals surface area contributed by atoms with Crippen LogP contribution >= 0.6 is 11.8 Å². The highest BCUT2D eigenvalue weighted by Gasteiger charge is 2.47. The summed E-state index contributed by atoms with van der Waals surface area (Å²) in [5, 5.41) is 60.1. The second kappa shape index (κ2) is 47.4. The summed E-state index contributed by atoms with van der Waals surface area (Å²) < 4.78 is 44.5. The number of phenolic OH excluding ortho intramolecular Hbond substituents is 1. The molecule has 0 bridgehead atoms. The first-order valence-electron chi connectivity index (χ1n) is 42.2. The number of carbonyl (C=O) groups is 15. The zero-order chi connectivity index (χ0) is 93.2. The minimum atomic E-state index is -1.82. The van der Waals surface area contributed by atoms with Crippen LogP contribution in [0.1, 0.15) is 127 Å². The Morgan fingerprint density at radius 3 is 1.72 bits per heavy atom. The highest BCUT2D eigenvalue weighted by Crippen LogP contribution is 2.28. The molecule has 127 heavy (non-hydrogen) atoms. The lowest BCUT2D eigenvalue weighted by molar-refractivity contribution is -0.152. The van der Waals surface area contributed by atoms with E-state index in [1.54, 1.807) is 126 Å². The molecular weight excluding hydrogens is 1670 g/mol. The number of phenols is 1. The number of H-pyrrole nitrogens is 1. The number of rotatable bonds is 46. The van der Waals surface area contributed by atoms with Crippen molar-refractivity contribution in [1.82, 2.24) is 66.7 Å². The van der Waals surface area contributed by atoms with E-state index in [0.29, 0.717) is 58.1 Å². The van der Waals surface area contributed by atoms with E-state index in [2.05, 4.69) is 42.2 Å². The van der Waals surface area contributed by atoms with Crippen LogP contribution in [0, 0.1) is 29.3 Å². The third kappa shape index (κ3) is 28.4. The first-order chi connectivity index (χ1) is 60.3. The molecule has 14 N–H and O–H groups in total. The summed E-state index contributed by atoms with van der Waals surface area (Å²) in [4.78, 5) is 221. The van der Waals surface area contributed by atoms with Crippen LogP contribution in [0.15, 0.2) is 128 Å². The van der Waals surface area contributed by atoms with E-state index in [1.165, 1.54) is 45.4 Å². The number of unbranched alkanes of at least 4 members (excludes halogenated alkanes) is 1. The van der Waals surface area contributed by atoms with Crippen LogP contribution in [0.2, 0.25) is 0 Å². The smallest absolute Gasteiger partial charge is 0.305 e.